The molecule has 18 heavy (non-hydrogen) atoms. The van der Waals surface area contributed by atoms with E-state index < -0.39 is 51.2 Å². The first-order valence-electron chi connectivity index (χ1n) is 4.66. The summed E-state index contributed by atoms with van der Waals surface area (Å²) in [5.41, 5.74) is 0. The Balaban J connectivity index is 4.96. The van der Waals surface area contributed by atoms with E-state index in [2.05, 4.69) is 4.52 Å². The maximum Gasteiger partial charge on any atom is 0.470 e. The fourth-order valence-corrected chi connectivity index (χ4v) is 1.67. The van der Waals surface area contributed by atoms with Crippen LogP contribution in [-0.2, 0) is 13.9 Å². The number of carbonyl (C=O) groups is 1. The molecule has 11 heteroatoms. The van der Waals surface area contributed by atoms with Gasteiger partial charge in [-0.2, -0.15) is 0 Å². The number of phosphoric ester groups is 1. The minimum Gasteiger partial charge on any atom is -0.394 e. The van der Waals surface area contributed by atoms with Gasteiger partial charge in [0.15, 0.2) is 5.78 Å². The smallest absolute Gasteiger partial charge is 0.394 e. The zero-order chi connectivity index (χ0) is 14.5. The summed E-state index contributed by atoms with van der Waals surface area (Å²) in [5.74, 6) is -1.24. The van der Waals surface area contributed by atoms with Crippen LogP contribution in [0.1, 0.15) is 0 Å². The maximum atomic E-state index is 10.9. The van der Waals surface area contributed by atoms with Crippen molar-refractivity contribution >= 4 is 13.6 Å². The molecular weight excluding hydrogens is 275 g/mol. The summed E-state index contributed by atoms with van der Waals surface area (Å²) >= 11 is 0. The van der Waals surface area contributed by atoms with Crippen LogP contribution >= 0.6 is 7.82 Å². The average Bonchev–Trinajstić information content (AvgIpc) is 2.30. The largest absolute Gasteiger partial charge is 0.470 e. The van der Waals surface area contributed by atoms with E-state index >= 15 is 0 Å². The molecule has 0 aromatic carbocycles. The quantitative estimate of drug-likeness (QED) is 0.218. The molecule has 0 spiro atoms. The predicted octanol–water partition coefficient (Wildman–Crippen LogP) is -3.90. The topological polar surface area (TPSA) is 185 Å². The summed E-state index contributed by atoms with van der Waals surface area (Å²) in [6, 6.07) is 0. The van der Waals surface area contributed by atoms with Crippen molar-refractivity contribution in [2.75, 3.05) is 13.2 Å². The molecule has 0 aliphatic rings. The second-order valence-electron chi connectivity index (χ2n) is 3.37. The van der Waals surface area contributed by atoms with Gasteiger partial charge < -0.3 is 35.3 Å². The standard InChI is InChI=1S/C7H15O10P/c8-1-3(10)5(12)6(13)7(4(11)2-9)17-18(14,15)16/h4-9,11-13H,1-2H2,(H2,14,15,16)/t4-,5-,6+,7-/m1/s1. The molecule has 0 rings (SSSR count). The maximum absolute atomic E-state index is 10.9. The number of hydrogen-bond acceptors (Lipinski definition) is 8. The number of rotatable bonds is 8. The van der Waals surface area contributed by atoms with Crippen LogP contribution in [0.2, 0.25) is 0 Å². The van der Waals surface area contributed by atoms with Gasteiger partial charge >= 0.3 is 7.82 Å². The molecular formula is C7H15O10P. The third-order valence-corrected chi connectivity index (χ3v) is 2.49. The number of carbonyl (C=O) groups excluding carboxylic acids is 1. The van der Waals surface area contributed by atoms with E-state index in [1.165, 1.54) is 0 Å². The Morgan fingerprint density at radius 2 is 1.67 bits per heavy atom. The second-order valence-corrected chi connectivity index (χ2v) is 4.56. The van der Waals surface area contributed by atoms with Crippen molar-refractivity contribution in [1.29, 1.82) is 0 Å². The molecule has 10 nitrogen and oxygen atoms in total. The van der Waals surface area contributed by atoms with Gasteiger partial charge in [-0.25, -0.2) is 4.57 Å². The lowest BCUT2D eigenvalue weighted by Crippen LogP contribution is -2.50. The fourth-order valence-electron chi connectivity index (χ4n) is 1.09. The van der Waals surface area contributed by atoms with E-state index in [0.29, 0.717) is 0 Å². The number of phosphoric acid groups is 1. The first-order valence-corrected chi connectivity index (χ1v) is 6.19. The Labute approximate surface area is 101 Å². The Morgan fingerprint density at radius 1 is 1.17 bits per heavy atom. The molecule has 0 radical (unpaired) electrons. The van der Waals surface area contributed by atoms with Crippen molar-refractivity contribution in [1.82, 2.24) is 0 Å². The lowest BCUT2D eigenvalue weighted by atomic mass is 10.0. The Bertz CT molecular complexity index is 313. The average molecular weight is 290 g/mol. The molecule has 0 bridgehead atoms. The first kappa shape index (κ1) is 17.6. The van der Waals surface area contributed by atoms with Crippen molar-refractivity contribution in [3.05, 3.63) is 0 Å². The van der Waals surface area contributed by atoms with Crippen molar-refractivity contribution in [2.24, 2.45) is 0 Å². The van der Waals surface area contributed by atoms with Crippen molar-refractivity contribution in [2.45, 2.75) is 24.4 Å². The van der Waals surface area contributed by atoms with Crippen LogP contribution < -0.4 is 0 Å². The molecule has 7 N–H and O–H groups in total. The fraction of sp³-hybridized carbons (Fsp3) is 0.857. The van der Waals surface area contributed by atoms with Crippen LogP contribution in [0.4, 0.5) is 0 Å². The van der Waals surface area contributed by atoms with E-state index in [0.717, 1.165) is 0 Å². The van der Waals surface area contributed by atoms with Gasteiger partial charge in [0.2, 0.25) is 0 Å². The van der Waals surface area contributed by atoms with E-state index in [-0.39, 0.29) is 0 Å². The summed E-state index contributed by atoms with van der Waals surface area (Å²) in [6.45, 7) is -2.17. The van der Waals surface area contributed by atoms with Gasteiger partial charge in [-0.15, -0.1) is 0 Å². The minimum atomic E-state index is -5.14. The molecule has 0 aliphatic carbocycles. The second kappa shape index (κ2) is 7.24. The van der Waals surface area contributed by atoms with Crippen molar-refractivity contribution < 1.29 is 49.2 Å². The highest BCUT2D eigenvalue weighted by molar-refractivity contribution is 7.46. The van der Waals surface area contributed by atoms with E-state index in [9.17, 15) is 24.7 Å². The lowest BCUT2D eigenvalue weighted by molar-refractivity contribution is -0.148. The van der Waals surface area contributed by atoms with Crippen LogP contribution in [0, 0.1) is 0 Å². The summed E-state index contributed by atoms with van der Waals surface area (Å²) in [5, 5.41) is 44.9. The lowest BCUT2D eigenvalue weighted by Gasteiger charge is -2.28. The molecule has 0 aromatic rings. The van der Waals surface area contributed by atoms with Gasteiger partial charge in [0, 0.05) is 0 Å². The predicted molar refractivity (Wildman–Crippen MR) is 54.1 cm³/mol. The third kappa shape index (κ3) is 5.48. The Hall–Kier alpha value is -0.420. The van der Waals surface area contributed by atoms with E-state index in [4.69, 9.17) is 20.0 Å². The molecule has 108 valence electrons. The number of ketones is 1. The Kier molecular flexibility index (Phi) is 7.07. The molecule has 0 saturated heterocycles. The third-order valence-electron chi connectivity index (χ3n) is 1.97. The Morgan fingerprint density at radius 3 is 2.00 bits per heavy atom. The zero-order valence-corrected chi connectivity index (χ0v) is 9.92. The summed E-state index contributed by atoms with van der Waals surface area (Å²) in [4.78, 5) is 27.9. The molecule has 0 saturated carbocycles. The molecule has 0 fully saturated rings. The number of Topliss-reactive ketones (excluding diaryl/α,β-unsaturated/α-hetero) is 1. The molecule has 0 amide bonds. The first-order chi connectivity index (χ1) is 8.14. The van der Waals surface area contributed by atoms with Crippen LogP contribution in [0.3, 0.4) is 0 Å². The van der Waals surface area contributed by atoms with E-state index in [1.54, 1.807) is 0 Å². The molecule has 4 atom stereocenters. The summed E-state index contributed by atoms with van der Waals surface area (Å²) < 4.78 is 14.6. The highest BCUT2D eigenvalue weighted by Gasteiger charge is 2.39. The van der Waals surface area contributed by atoms with Crippen LogP contribution in [0.5, 0.6) is 0 Å². The molecule has 0 aliphatic heterocycles. The molecule has 0 heterocycles. The van der Waals surface area contributed by atoms with Gasteiger partial charge in [0.1, 0.15) is 31.0 Å². The SMILES string of the molecule is O=C(CO)[C@@H](O)[C@H](O)[C@H](OP(=O)(O)O)[C@H](O)CO. The molecule has 0 unspecified atom stereocenters. The van der Waals surface area contributed by atoms with Crippen LogP contribution in [-0.4, -0.2) is 78.7 Å². The van der Waals surface area contributed by atoms with Crippen LogP contribution in [0.15, 0.2) is 0 Å². The van der Waals surface area contributed by atoms with Crippen molar-refractivity contribution in [3.63, 3.8) is 0 Å². The van der Waals surface area contributed by atoms with Gasteiger partial charge in [-0.3, -0.25) is 9.32 Å². The summed E-state index contributed by atoms with van der Waals surface area (Å²) in [6.07, 6.45) is -8.53. The highest BCUT2D eigenvalue weighted by Crippen LogP contribution is 2.39. The summed E-state index contributed by atoms with van der Waals surface area (Å²) in [7, 11) is -5.14. The van der Waals surface area contributed by atoms with Gasteiger partial charge in [0.25, 0.3) is 0 Å². The van der Waals surface area contributed by atoms with Gasteiger partial charge in [-0.1, -0.05) is 0 Å². The highest BCUT2D eigenvalue weighted by atomic mass is 31.2. The van der Waals surface area contributed by atoms with Gasteiger partial charge in [0.05, 0.1) is 6.61 Å². The minimum absolute atomic E-state index is 1.04. The zero-order valence-electron chi connectivity index (χ0n) is 9.03. The number of hydrogen-bond donors (Lipinski definition) is 7. The number of aliphatic hydroxyl groups excluding tert-OH is 5. The van der Waals surface area contributed by atoms with Crippen molar-refractivity contribution in [3.8, 4) is 0 Å². The normalized spacial score (nSPS) is 19.1. The van der Waals surface area contributed by atoms with Gasteiger partial charge in [-0.05, 0) is 0 Å². The monoisotopic (exact) mass is 290 g/mol. The molecule has 0 aromatic heterocycles. The van der Waals surface area contributed by atoms with Crippen LogP contribution in [0.25, 0.3) is 0 Å². The number of aliphatic hydroxyl groups is 5. The van der Waals surface area contributed by atoms with E-state index in [1.807, 2.05) is 0 Å².